The lowest BCUT2D eigenvalue weighted by molar-refractivity contribution is 0.202. The van der Waals surface area contributed by atoms with Crippen LogP contribution in [-0.2, 0) is 6.54 Å². The monoisotopic (exact) mass is 280 g/mol. The molecule has 5 heteroatoms. The summed E-state index contributed by atoms with van der Waals surface area (Å²) >= 11 is 5.96. The average molecular weight is 281 g/mol. The number of methoxy groups -OCH3 is 1. The van der Waals surface area contributed by atoms with Gasteiger partial charge in [0.2, 0.25) is 0 Å². The molecular formula is C14H17ClN2O2. The van der Waals surface area contributed by atoms with Crippen LogP contribution in [0.15, 0.2) is 30.5 Å². The van der Waals surface area contributed by atoms with Gasteiger partial charge in [-0.1, -0.05) is 30.7 Å². The van der Waals surface area contributed by atoms with E-state index in [1.165, 1.54) is 0 Å². The fraction of sp³-hybridized carbons (Fsp3) is 0.357. The molecule has 0 saturated carbocycles. The van der Waals surface area contributed by atoms with Gasteiger partial charge in [0.1, 0.15) is 11.8 Å². The van der Waals surface area contributed by atoms with Crippen LogP contribution in [0.4, 0.5) is 0 Å². The first kappa shape index (κ1) is 13.9. The van der Waals surface area contributed by atoms with Crippen molar-refractivity contribution in [2.45, 2.75) is 26.0 Å². The number of benzene rings is 1. The number of hydrogen-bond acceptors (Lipinski definition) is 3. The Hall–Kier alpha value is -1.52. The summed E-state index contributed by atoms with van der Waals surface area (Å²) in [5.74, 6) is 0.584. The quantitative estimate of drug-likeness (QED) is 0.916. The van der Waals surface area contributed by atoms with Crippen molar-refractivity contribution in [3.63, 3.8) is 0 Å². The molecule has 1 atom stereocenters. The van der Waals surface area contributed by atoms with E-state index in [1.54, 1.807) is 30.1 Å². The van der Waals surface area contributed by atoms with Crippen LogP contribution in [0, 0.1) is 0 Å². The zero-order valence-electron chi connectivity index (χ0n) is 11.0. The normalized spacial score (nSPS) is 12.4. The highest BCUT2D eigenvalue weighted by molar-refractivity contribution is 6.30. The van der Waals surface area contributed by atoms with Crippen molar-refractivity contribution in [3.8, 4) is 5.75 Å². The summed E-state index contributed by atoms with van der Waals surface area (Å²) < 4.78 is 7.04. The number of aliphatic hydroxyl groups excluding tert-OH is 1. The van der Waals surface area contributed by atoms with Gasteiger partial charge in [-0.2, -0.15) is 5.10 Å². The average Bonchev–Trinajstić information content (AvgIpc) is 2.81. The molecular weight excluding hydrogens is 264 g/mol. The van der Waals surface area contributed by atoms with E-state index in [0.29, 0.717) is 16.5 Å². The molecule has 0 aliphatic carbocycles. The molecule has 19 heavy (non-hydrogen) atoms. The van der Waals surface area contributed by atoms with Gasteiger partial charge in [-0.25, -0.2) is 0 Å². The predicted octanol–water partition coefficient (Wildman–Crippen LogP) is 3.04. The lowest BCUT2D eigenvalue weighted by Crippen LogP contribution is -2.11. The van der Waals surface area contributed by atoms with E-state index in [4.69, 9.17) is 16.3 Å². The Bertz CT molecular complexity index is 554. The van der Waals surface area contributed by atoms with Crippen LogP contribution in [0.25, 0.3) is 0 Å². The van der Waals surface area contributed by atoms with E-state index in [1.807, 2.05) is 12.1 Å². The van der Waals surface area contributed by atoms with Crippen LogP contribution in [-0.4, -0.2) is 22.0 Å². The Kier molecular flexibility index (Phi) is 4.45. The first-order chi connectivity index (χ1) is 9.17. The van der Waals surface area contributed by atoms with Gasteiger partial charge >= 0.3 is 0 Å². The van der Waals surface area contributed by atoms with Crippen LogP contribution >= 0.6 is 11.6 Å². The topological polar surface area (TPSA) is 47.3 Å². The van der Waals surface area contributed by atoms with Crippen LogP contribution < -0.4 is 4.74 Å². The molecule has 0 aliphatic heterocycles. The number of halogens is 1. The summed E-state index contributed by atoms with van der Waals surface area (Å²) in [5.41, 5.74) is 1.38. The number of aromatic nitrogens is 2. The summed E-state index contributed by atoms with van der Waals surface area (Å²) in [6.45, 7) is 2.79. The lowest BCUT2D eigenvalue weighted by atomic mass is 10.1. The third-order valence-corrected chi connectivity index (χ3v) is 3.16. The maximum absolute atomic E-state index is 10.5. The van der Waals surface area contributed by atoms with Gasteiger partial charge in [0, 0.05) is 11.6 Å². The molecule has 4 nitrogen and oxygen atoms in total. The molecule has 0 amide bonds. The molecule has 1 heterocycles. The minimum Gasteiger partial charge on any atom is -0.493 e. The summed E-state index contributed by atoms with van der Waals surface area (Å²) in [5, 5.41) is 15.4. The van der Waals surface area contributed by atoms with E-state index in [2.05, 4.69) is 12.0 Å². The molecule has 1 N–H and O–H groups in total. The molecule has 0 fully saturated rings. The third kappa shape index (κ3) is 2.91. The van der Waals surface area contributed by atoms with Gasteiger partial charge in [-0.3, -0.25) is 4.68 Å². The lowest BCUT2D eigenvalue weighted by Gasteiger charge is -2.15. The van der Waals surface area contributed by atoms with Crippen LogP contribution in [0.1, 0.15) is 30.7 Å². The fourth-order valence-electron chi connectivity index (χ4n) is 2.04. The van der Waals surface area contributed by atoms with Gasteiger partial charge in [0.05, 0.1) is 13.3 Å². The Morgan fingerprint density at radius 1 is 1.47 bits per heavy atom. The van der Waals surface area contributed by atoms with Crippen molar-refractivity contribution < 1.29 is 9.84 Å². The Morgan fingerprint density at radius 3 is 2.89 bits per heavy atom. The smallest absolute Gasteiger partial charge is 0.163 e. The highest BCUT2D eigenvalue weighted by Crippen LogP contribution is 2.31. The minimum absolute atomic E-state index is 0.584. The molecule has 102 valence electrons. The molecule has 1 unspecified atom stereocenters. The minimum atomic E-state index is -0.803. The summed E-state index contributed by atoms with van der Waals surface area (Å²) in [7, 11) is 1.57. The maximum atomic E-state index is 10.5. The summed E-state index contributed by atoms with van der Waals surface area (Å²) in [6, 6.07) is 7.17. The van der Waals surface area contributed by atoms with Gasteiger partial charge in [-0.15, -0.1) is 0 Å². The highest BCUT2D eigenvalue weighted by Gasteiger charge is 2.21. The second kappa shape index (κ2) is 6.08. The largest absolute Gasteiger partial charge is 0.493 e. The van der Waals surface area contributed by atoms with E-state index < -0.39 is 6.10 Å². The number of rotatable bonds is 5. The van der Waals surface area contributed by atoms with Crippen molar-refractivity contribution in [3.05, 3.63) is 46.7 Å². The standard InChI is InChI=1S/C14H17ClN2O2/c1-3-7-17-13(12(19-2)9-16-17)14(18)10-5-4-6-11(15)8-10/h4-6,8-9,14,18H,3,7H2,1-2H3. The first-order valence-corrected chi connectivity index (χ1v) is 6.58. The van der Waals surface area contributed by atoms with Crippen LogP contribution in [0.3, 0.4) is 0 Å². The molecule has 0 bridgehead atoms. The first-order valence-electron chi connectivity index (χ1n) is 6.20. The second-order valence-electron chi connectivity index (χ2n) is 4.28. The Balaban J connectivity index is 2.41. The number of aliphatic hydroxyl groups is 1. The maximum Gasteiger partial charge on any atom is 0.163 e. The summed E-state index contributed by atoms with van der Waals surface area (Å²) in [6.07, 6.45) is 1.75. The number of aryl methyl sites for hydroxylation is 1. The molecule has 2 rings (SSSR count). The van der Waals surface area contributed by atoms with Crippen molar-refractivity contribution in [2.75, 3.05) is 7.11 Å². The van der Waals surface area contributed by atoms with E-state index >= 15 is 0 Å². The Morgan fingerprint density at radius 2 is 2.26 bits per heavy atom. The summed E-state index contributed by atoms with van der Waals surface area (Å²) in [4.78, 5) is 0. The fourth-order valence-corrected chi connectivity index (χ4v) is 2.23. The van der Waals surface area contributed by atoms with Gasteiger partial charge in [0.15, 0.2) is 5.75 Å². The van der Waals surface area contributed by atoms with Gasteiger partial charge in [-0.05, 0) is 24.1 Å². The molecule has 1 aromatic carbocycles. The molecule has 0 spiro atoms. The van der Waals surface area contributed by atoms with Crippen molar-refractivity contribution in [1.82, 2.24) is 9.78 Å². The number of ether oxygens (including phenoxy) is 1. The van der Waals surface area contributed by atoms with Crippen LogP contribution in [0.5, 0.6) is 5.75 Å². The second-order valence-corrected chi connectivity index (χ2v) is 4.72. The zero-order valence-corrected chi connectivity index (χ0v) is 11.8. The molecule has 1 aromatic heterocycles. The van der Waals surface area contributed by atoms with Gasteiger partial charge in [0.25, 0.3) is 0 Å². The van der Waals surface area contributed by atoms with E-state index in [9.17, 15) is 5.11 Å². The predicted molar refractivity (Wildman–Crippen MR) is 74.6 cm³/mol. The van der Waals surface area contributed by atoms with Crippen molar-refractivity contribution in [1.29, 1.82) is 0 Å². The number of nitrogens with zero attached hydrogens (tertiary/aromatic N) is 2. The van der Waals surface area contributed by atoms with Crippen molar-refractivity contribution >= 4 is 11.6 Å². The molecule has 2 aromatic rings. The third-order valence-electron chi connectivity index (χ3n) is 2.92. The van der Waals surface area contributed by atoms with Crippen molar-refractivity contribution in [2.24, 2.45) is 0 Å². The molecule has 0 radical (unpaired) electrons. The highest BCUT2D eigenvalue weighted by atomic mass is 35.5. The SMILES string of the molecule is CCCn1ncc(OC)c1C(O)c1cccc(Cl)c1. The molecule has 0 aliphatic rings. The van der Waals surface area contributed by atoms with E-state index in [-0.39, 0.29) is 0 Å². The van der Waals surface area contributed by atoms with E-state index in [0.717, 1.165) is 18.5 Å². The zero-order chi connectivity index (χ0) is 13.8. The van der Waals surface area contributed by atoms with Gasteiger partial charge < -0.3 is 9.84 Å². The van der Waals surface area contributed by atoms with Crippen LogP contribution in [0.2, 0.25) is 5.02 Å². The molecule has 0 saturated heterocycles. The number of hydrogen-bond donors (Lipinski definition) is 1. The Labute approximate surface area is 117 Å².